The number of aryl methyl sites for hydroxylation is 1. The van der Waals surface area contributed by atoms with Crippen LogP contribution in [0.4, 0.5) is 15.3 Å². The van der Waals surface area contributed by atoms with Crippen molar-refractivity contribution < 1.29 is 56.0 Å². The van der Waals surface area contributed by atoms with Gasteiger partial charge in [-0.2, -0.15) is 8.42 Å². The maximum atomic E-state index is 13.2. The number of nitrogens with two attached hydrogens (primary N) is 1. The molecule has 20 heteroatoms. The highest BCUT2D eigenvalue weighted by atomic mass is 32.2. The molecule has 48 heavy (non-hydrogen) atoms. The van der Waals surface area contributed by atoms with Crippen molar-refractivity contribution in [2.45, 2.75) is 38.3 Å². The van der Waals surface area contributed by atoms with Crippen LogP contribution >= 0.6 is 0 Å². The summed E-state index contributed by atoms with van der Waals surface area (Å²) in [5.74, 6) is -3.47. The number of nitrogens with one attached hydrogen (secondary N) is 5. The molecule has 0 saturated carbocycles. The molecule has 8 amide bonds. The lowest BCUT2D eigenvalue weighted by molar-refractivity contribution is -0.138. The van der Waals surface area contributed by atoms with E-state index < -0.39 is 70.1 Å². The molecular formula is C28H39N7O12S. The molecule has 1 aromatic rings. The predicted molar refractivity (Wildman–Crippen MR) is 167 cm³/mol. The van der Waals surface area contributed by atoms with E-state index in [0.29, 0.717) is 11.1 Å². The fourth-order valence-electron chi connectivity index (χ4n) is 4.13. The van der Waals surface area contributed by atoms with E-state index in [1.807, 2.05) is 0 Å². The molecule has 1 heterocycles. The Morgan fingerprint density at radius 2 is 1.71 bits per heavy atom. The van der Waals surface area contributed by atoms with E-state index in [4.69, 9.17) is 15.2 Å². The summed E-state index contributed by atoms with van der Waals surface area (Å²) in [4.78, 5) is 84.6. The molecule has 1 aromatic carbocycles. The monoisotopic (exact) mass is 697 g/mol. The van der Waals surface area contributed by atoms with Gasteiger partial charge in [0.05, 0.1) is 32.1 Å². The molecular weight excluding hydrogens is 658 g/mol. The Bertz CT molecular complexity index is 1480. The first kappa shape index (κ1) is 39.1. The Morgan fingerprint density at radius 3 is 2.35 bits per heavy atom. The van der Waals surface area contributed by atoms with Gasteiger partial charge in [0, 0.05) is 37.9 Å². The van der Waals surface area contributed by atoms with Gasteiger partial charge in [-0.15, -0.1) is 0 Å². The van der Waals surface area contributed by atoms with Crippen LogP contribution in [-0.4, -0.2) is 111 Å². The number of nitrogens with zero attached hydrogens (tertiary/aromatic N) is 1. The molecule has 264 valence electrons. The largest absolute Gasteiger partial charge is 0.445 e. The summed E-state index contributed by atoms with van der Waals surface area (Å²) in [7, 11) is -2.98. The predicted octanol–water partition coefficient (Wildman–Crippen LogP) is -1.71. The minimum Gasteiger partial charge on any atom is -0.445 e. The fraction of sp³-hybridized carbons (Fsp3) is 0.464. The molecule has 0 radical (unpaired) electrons. The van der Waals surface area contributed by atoms with Gasteiger partial charge in [-0.25, -0.2) is 9.59 Å². The van der Waals surface area contributed by atoms with E-state index >= 15 is 0 Å². The maximum Gasteiger partial charge on any atom is 0.407 e. The topological polar surface area (TPSA) is 282 Å². The molecule has 8 N–H and O–H groups in total. The second-order valence-electron chi connectivity index (χ2n) is 10.2. The fourth-order valence-corrected chi connectivity index (χ4v) is 4.61. The summed E-state index contributed by atoms with van der Waals surface area (Å²) in [5, 5.41) is 12.2. The lowest BCUT2D eigenvalue weighted by Crippen LogP contribution is -2.47. The molecule has 1 unspecified atom stereocenters. The van der Waals surface area contributed by atoms with Gasteiger partial charge in [0.1, 0.15) is 12.6 Å². The molecule has 1 aliphatic rings. The molecule has 0 saturated heterocycles. The minimum absolute atomic E-state index is 0.0167. The molecule has 1 aliphatic heterocycles. The molecule has 0 spiro atoms. The van der Waals surface area contributed by atoms with Crippen molar-refractivity contribution in [2.75, 3.05) is 51.0 Å². The lowest BCUT2D eigenvalue weighted by atomic mass is 10.0. The summed E-state index contributed by atoms with van der Waals surface area (Å²) in [6, 6.07) is 2.46. The highest BCUT2D eigenvalue weighted by Crippen LogP contribution is 2.19. The third-order valence-electron chi connectivity index (χ3n) is 6.57. The van der Waals surface area contributed by atoms with Crippen LogP contribution in [0.5, 0.6) is 0 Å². The average molecular weight is 698 g/mol. The second kappa shape index (κ2) is 19.6. The van der Waals surface area contributed by atoms with E-state index in [-0.39, 0.29) is 64.3 Å². The van der Waals surface area contributed by atoms with Crippen LogP contribution in [-0.2, 0) is 56.6 Å². The number of urea groups is 1. The van der Waals surface area contributed by atoms with Crippen molar-refractivity contribution in [3.8, 4) is 0 Å². The number of benzene rings is 1. The summed E-state index contributed by atoms with van der Waals surface area (Å²) in [6.45, 7) is -0.612. The number of primary amides is 1. The van der Waals surface area contributed by atoms with E-state index in [0.717, 1.165) is 17.1 Å². The zero-order valence-electron chi connectivity index (χ0n) is 26.1. The van der Waals surface area contributed by atoms with Crippen LogP contribution in [0.15, 0.2) is 30.4 Å². The number of carbonyl (C=O) groups is 7. The van der Waals surface area contributed by atoms with Crippen LogP contribution in [0, 0.1) is 0 Å². The van der Waals surface area contributed by atoms with Gasteiger partial charge in [-0.1, -0.05) is 6.07 Å². The second-order valence-corrected chi connectivity index (χ2v) is 11.8. The number of hydrogen-bond donors (Lipinski definition) is 7. The van der Waals surface area contributed by atoms with Crippen LogP contribution < -0.4 is 32.3 Å². The zero-order valence-corrected chi connectivity index (χ0v) is 26.9. The Morgan fingerprint density at radius 1 is 1.00 bits per heavy atom. The summed E-state index contributed by atoms with van der Waals surface area (Å²) >= 11 is 0. The van der Waals surface area contributed by atoms with Crippen LogP contribution in [0.1, 0.15) is 30.4 Å². The van der Waals surface area contributed by atoms with Gasteiger partial charge in [-0.05, 0) is 42.5 Å². The third kappa shape index (κ3) is 15.0. The average Bonchev–Trinajstić information content (AvgIpc) is 3.35. The SMILES string of the molecule is CNC(=O)OCc1ccc(NC(=O)C(CCCNC(N)=O)NC(=O)CNC(=O)CCOCCN2C(=O)C=CC2=O)cc1CCS(=O)(=O)O. The first-order valence-electron chi connectivity index (χ1n) is 14.6. The van der Waals surface area contributed by atoms with Gasteiger partial charge in [0.25, 0.3) is 21.9 Å². The number of hydrogen-bond acceptors (Lipinski definition) is 11. The number of alkyl carbamates (subject to hydrolysis) is 1. The Kier molecular flexibility index (Phi) is 15.9. The third-order valence-corrected chi connectivity index (χ3v) is 7.29. The van der Waals surface area contributed by atoms with Crippen LogP contribution in [0.2, 0.25) is 0 Å². The maximum absolute atomic E-state index is 13.2. The summed E-state index contributed by atoms with van der Waals surface area (Å²) in [6.07, 6.45) is 1.53. The van der Waals surface area contributed by atoms with Crippen molar-refractivity contribution in [3.63, 3.8) is 0 Å². The number of ether oxygens (including phenoxy) is 2. The molecule has 0 aromatic heterocycles. The van der Waals surface area contributed by atoms with E-state index in [2.05, 4.69) is 26.6 Å². The van der Waals surface area contributed by atoms with Gasteiger partial charge in [0.15, 0.2) is 0 Å². The van der Waals surface area contributed by atoms with Crippen LogP contribution in [0.3, 0.4) is 0 Å². The quantitative estimate of drug-likeness (QED) is 0.0456. The standard InChI is InChI=1S/C28H39N7O12S/c1-30-28(42)47-17-19-4-5-20(15-18(19)9-14-48(43,44)45)33-26(40)21(3-2-10-31-27(29)41)34-23(37)16-32-22(36)8-12-46-13-11-35-24(38)6-7-25(35)39/h4-7,15,21H,2-3,8-14,16-17H2,1H3,(H,30,42)(H,32,36)(H,33,40)(H,34,37)(H3,29,31,41)(H,43,44,45). The van der Waals surface area contributed by atoms with Crippen molar-refractivity contribution in [3.05, 3.63) is 41.5 Å². The van der Waals surface area contributed by atoms with Crippen molar-refractivity contribution in [2.24, 2.45) is 5.73 Å². The molecule has 19 nitrogen and oxygen atoms in total. The molecule has 2 rings (SSSR count). The number of amides is 8. The molecule has 0 bridgehead atoms. The minimum atomic E-state index is -4.34. The first-order valence-corrected chi connectivity index (χ1v) is 16.2. The van der Waals surface area contributed by atoms with E-state index in [9.17, 15) is 46.5 Å². The zero-order chi connectivity index (χ0) is 35.7. The molecule has 1 atom stereocenters. The van der Waals surface area contributed by atoms with Gasteiger partial charge >= 0.3 is 12.1 Å². The lowest BCUT2D eigenvalue weighted by Gasteiger charge is -2.20. The van der Waals surface area contributed by atoms with Gasteiger partial charge in [-0.3, -0.25) is 33.4 Å². The number of anilines is 1. The Hall–Kier alpha value is -5.08. The van der Waals surface area contributed by atoms with Crippen molar-refractivity contribution >= 4 is 57.5 Å². The highest BCUT2D eigenvalue weighted by Gasteiger charge is 2.23. The summed E-state index contributed by atoms with van der Waals surface area (Å²) in [5.41, 5.74) is 6.04. The van der Waals surface area contributed by atoms with Gasteiger partial charge in [0.2, 0.25) is 17.7 Å². The molecule has 0 fully saturated rings. The van der Waals surface area contributed by atoms with Gasteiger partial charge < -0.3 is 41.8 Å². The van der Waals surface area contributed by atoms with Crippen molar-refractivity contribution in [1.29, 1.82) is 0 Å². The Balaban J connectivity index is 1.97. The Labute approximate surface area is 276 Å². The van der Waals surface area contributed by atoms with Crippen LogP contribution in [0.25, 0.3) is 0 Å². The number of imide groups is 1. The number of carbonyl (C=O) groups excluding carboxylic acids is 7. The van der Waals surface area contributed by atoms with E-state index in [1.54, 1.807) is 0 Å². The smallest absolute Gasteiger partial charge is 0.407 e. The highest BCUT2D eigenvalue weighted by molar-refractivity contribution is 7.85. The normalized spacial score (nSPS) is 13.1. The van der Waals surface area contributed by atoms with Crippen molar-refractivity contribution in [1.82, 2.24) is 26.2 Å². The summed E-state index contributed by atoms with van der Waals surface area (Å²) < 4.78 is 42.2. The van der Waals surface area contributed by atoms with E-state index in [1.165, 1.54) is 25.2 Å². The first-order chi connectivity index (χ1) is 22.7. The molecule has 0 aliphatic carbocycles. The number of rotatable bonds is 20.